The van der Waals surface area contributed by atoms with Crippen molar-refractivity contribution in [2.24, 2.45) is 0 Å². The second-order valence-corrected chi connectivity index (χ2v) is 10.7. The molecule has 8 heteroatoms. The van der Waals surface area contributed by atoms with Crippen LogP contribution in [-0.4, -0.2) is 67.4 Å². The standard InChI is InChI=1S/C23H34N4O3S/c28-23(24-11-7-14-25-12-3-1-4-13-25)19-26-17-10-20-18-21(8-9-22(20)26)31(29,30)27-15-5-2-6-16-27/h8-10,17-18H,1-7,11-16,19H2,(H,24,28). The first kappa shape index (κ1) is 22.3. The lowest BCUT2D eigenvalue weighted by atomic mass is 10.1. The first-order valence-electron chi connectivity index (χ1n) is 11.6. The molecule has 0 spiro atoms. The van der Waals surface area contributed by atoms with Gasteiger partial charge in [0, 0.05) is 36.7 Å². The average Bonchev–Trinajstić information content (AvgIpc) is 3.20. The molecule has 4 rings (SSSR count). The zero-order chi connectivity index (χ0) is 21.7. The van der Waals surface area contributed by atoms with Crippen LogP contribution in [0.25, 0.3) is 10.9 Å². The lowest BCUT2D eigenvalue weighted by Gasteiger charge is -2.26. The minimum Gasteiger partial charge on any atom is -0.355 e. The summed E-state index contributed by atoms with van der Waals surface area (Å²) in [7, 11) is -3.45. The third-order valence-corrected chi connectivity index (χ3v) is 8.33. The summed E-state index contributed by atoms with van der Waals surface area (Å²) in [4.78, 5) is 15.2. The molecule has 2 aliphatic rings. The highest BCUT2D eigenvalue weighted by Gasteiger charge is 2.26. The van der Waals surface area contributed by atoms with Gasteiger partial charge in [-0.1, -0.05) is 12.8 Å². The number of piperidine rings is 2. The number of fused-ring (bicyclic) bond motifs is 1. The number of nitrogens with one attached hydrogen (secondary N) is 1. The molecule has 3 heterocycles. The molecule has 31 heavy (non-hydrogen) atoms. The van der Waals surface area contributed by atoms with E-state index in [0.29, 0.717) is 24.5 Å². The molecule has 0 radical (unpaired) electrons. The minimum absolute atomic E-state index is 0.0128. The van der Waals surface area contributed by atoms with Gasteiger partial charge in [-0.3, -0.25) is 4.79 Å². The van der Waals surface area contributed by atoms with Gasteiger partial charge in [-0.15, -0.1) is 0 Å². The van der Waals surface area contributed by atoms with Crippen molar-refractivity contribution < 1.29 is 13.2 Å². The van der Waals surface area contributed by atoms with Crippen LogP contribution >= 0.6 is 0 Å². The summed E-state index contributed by atoms with van der Waals surface area (Å²) >= 11 is 0. The number of hydrogen-bond acceptors (Lipinski definition) is 4. The van der Waals surface area contributed by atoms with Gasteiger partial charge >= 0.3 is 0 Å². The largest absolute Gasteiger partial charge is 0.355 e. The lowest BCUT2D eigenvalue weighted by molar-refractivity contribution is -0.121. The highest BCUT2D eigenvalue weighted by molar-refractivity contribution is 7.89. The van der Waals surface area contributed by atoms with Crippen molar-refractivity contribution in [2.75, 3.05) is 39.3 Å². The number of nitrogens with zero attached hydrogens (tertiary/aromatic N) is 3. The molecule has 1 amide bonds. The van der Waals surface area contributed by atoms with Crippen LogP contribution in [0.2, 0.25) is 0 Å². The number of carbonyl (C=O) groups is 1. The molecule has 7 nitrogen and oxygen atoms in total. The summed E-state index contributed by atoms with van der Waals surface area (Å²) < 4.78 is 29.3. The van der Waals surface area contributed by atoms with Gasteiger partial charge in [-0.2, -0.15) is 4.31 Å². The van der Waals surface area contributed by atoms with E-state index in [9.17, 15) is 13.2 Å². The van der Waals surface area contributed by atoms with Crippen LogP contribution in [0.15, 0.2) is 35.4 Å². The summed E-state index contributed by atoms with van der Waals surface area (Å²) in [6, 6.07) is 7.09. The van der Waals surface area contributed by atoms with Gasteiger partial charge in [-0.05, 0) is 76.0 Å². The van der Waals surface area contributed by atoms with Crippen molar-refractivity contribution in [2.45, 2.75) is 56.4 Å². The lowest BCUT2D eigenvalue weighted by Crippen LogP contribution is -2.35. The molecule has 0 atom stereocenters. The fourth-order valence-corrected chi connectivity index (χ4v) is 6.21. The normalized spacial score (nSPS) is 19.0. The molecule has 0 saturated carbocycles. The van der Waals surface area contributed by atoms with E-state index < -0.39 is 10.0 Å². The molecule has 0 unspecified atom stereocenters. The van der Waals surface area contributed by atoms with Gasteiger partial charge < -0.3 is 14.8 Å². The maximum absolute atomic E-state index is 12.9. The van der Waals surface area contributed by atoms with Crippen molar-refractivity contribution >= 4 is 26.8 Å². The highest BCUT2D eigenvalue weighted by atomic mass is 32.2. The summed E-state index contributed by atoms with van der Waals surface area (Å²) in [6.07, 6.45) is 9.67. The molecule has 0 bridgehead atoms. The first-order chi connectivity index (χ1) is 15.0. The van der Waals surface area contributed by atoms with E-state index in [4.69, 9.17) is 0 Å². The Balaban J connectivity index is 1.33. The Morgan fingerprint density at radius 3 is 2.39 bits per heavy atom. The topological polar surface area (TPSA) is 74.6 Å². The molecule has 170 valence electrons. The van der Waals surface area contributed by atoms with Gasteiger partial charge in [-0.25, -0.2) is 8.42 Å². The molecule has 1 N–H and O–H groups in total. The third-order valence-electron chi connectivity index (χ3n) is 6.43. The van der Waals surface area contributed by atoms with E-state index in [2.05, 4.69) is 10.2 Å². The number of amides is 1. The maximum Gasteiger partial charge on any atom is 0.243 e. The number of aromatic nitrogens is 1. The molecular weight excluding hydrogens is 412 g/mol. The second-order valence-electron chi connectivity index (χ2n) is 8.73. The van der Waals surface area contributed by atoms with Crippen molar-refractivity contribution in [1.29, 1.82) is 0 Å². The Hall–Kier alpha value is -1.90. The van der Waals surface area contributed by atoms with Gasteiger partial charge in [0.25, 0.3) is 0 Å². The van der Waals surface area contributed by atoms with Crippen LogP contribution in [0.5, 0.6) is 0 Å². The molecule has 0 aliphatic carbocycles. The van der Waals surface area contributed by atoms with Gasteiger partial charge in [0.1, 0.15) is 6.54 Å². The molecular formula is C23H34N4O3S. The Kier molecular flexibility index (Phi) is 7.30. The number of rotatable bonds is 8. The van der Waals surface area contributed by atoms with Crippen LogP contribution in [0.3, 0.4) is 0 Å². The number of benzene rings is 1. The molecule has 2 aliphatic heterocycles. The number of carbonyl (C=O) groups excluding carboxylic acids is 1. The van der Waals surface area contributed by atoms with Crippen LogP contribution < -0.4 is 5.32 Å². The van der Waals surface area contributed by atoms with Gasteiger partial charge in [0.15, 0.2) is 0 Å². The summed E-state index contributed by atoms with van der Waals surface area (Å²) in [6.45, 7) is 5.52. The summed E-state index contributed by atoms with van der Waals surface area (Å²) in [5.41, 5.74) is 0.876. The average molecular weight is 447 g/mol. The van der Waals surface area contributed by atoms with E-state index >= 15 is 0 Å². The number of hydrogen-bond donors (Lipinski definition) is 1. The molecule has 1 aromatic heterocycles. The third kappa shape index (κ3) is 5.48. The zero-order valence-electron chi connectivity index (χ0n) is 18.3. The fourth-order valence-electron chi connectivity index (χ4n) is 4.65. The van der Waals surface area contributed by atoms with Crippen molar-refractivity contribution in [3.05, 3.63) is 30.5 Å². The van der Waals surface area contributed by atoms with Crippen LogP contribution in [0.4, 0.5) is 0 Å². The van der Waals surface area contributed by atoms with Crippen molar-refractivity contribution in [3.8, 4) is 0 Å². The summed E-state index contributed by atoms with van der Waals surface area (Å²) in [5.74, 6) is -0.0128. The predicted molar refractivity (Wildman–Crippen MR) is 122 cm³/mol. The van der Waals surface area contributed by atoms with E-state index in [-0.39, 0.29) is 12.5 Å². The molecule has 1 aromatic carbocycles. The first-order valence-corrected chi connectivity index (χ1v) is 13.1. The SMILES string of the molecule is O=C(Cn1ccc2cc(S(=O)(=O)N3CCCCC3)ccc21)NCCCN1CCCCC1. The zero-order valence-corrected chi connectivity index (χ0v) is 19.1. The van der Waals surface area contributed by atoms with Crippen LogP contribution in [0, 0.1) is 0 Å². The second kappa shape index (κ2) is 10.1. The highest BCUT2D eigenvalue weighted by Crippen LogP contribution is 2.25. The number of likely N-dealkylation sites (tertiary alicyclic amines) is 1. The quantitative estimate of drug-likeness (QED) is 0.633. The smallest absolute Gasteiger partial charge is 0.243 e. The van der Waals surface area contributed by atoms with Crippen LogP contribution in [0.1, 0.15) is 44.9 Å². The van der Waals surface area contributed by atoms with Crippen molar-refractivity contribution in [3.63, 3.8) is 0 Å². The van der Waals surface area contributed by atoms with E-state index in [0.717, 1.165) is 43.1 Å². The summed E-state index contributed by atoms with van der Waals surface area (Å²) in [5, 5.41) is 3.86. The van der Waals surface area contributed by atoms with E-state index in [1.807, 2.05) is 22.9 Å². The molecule has 2 aromatic rings. The fraction of sp³-hybridized carbons (Fsp3) is 0.609. The van der Waals surface area contributed by atoms with E-state index in [1.54, 1.807) is 16.4 Å². The number of sulfonamides is 1. The Morgan fingerprint density at radius 2 is 1.65 bits per heavy atom. The Labute approximate surface area is 185 Å². The monoisotopic (exact) mass is 446 g/mol. The molecule has 2 saturated heterocycles. The van der Waals surface area contributed by atoms with Crippen LogP contribution in [-0.2, 0) is 21.4 Å². The minimum atomic E-state index is -3.45. The predicted octanol–water partition coefficient (Wildman–Crippen LogP) is 2.81. The molecule has 2 fully saturated rings. The van der Waals surface area contributed by atoms with Gasteiger partial charge in [0.2, 0.25) is 15.9 Å². The Morgan fingerprint density at radius 1 is 0.935 bits per heavy atom. The van der Waals surface area contributed by atoms with Crippen molar-refractivity contribution in [1.82, 2.24) is 19.1 Å². The van der Waals surface area contributed by atoms with E-state index in [1.165, 1.54) is 32.4 Å². The maximum atomic E-state index is 12.9. The van der Waals surface area contributed by atoms with Gasteiger partial charge in [0.05, 0.1) is 4.90 Å². The Bertz CT molecular complexity index is 989.